The van der Waals surface area contributed by atoms with Crippen molar-refractivity contribution in [2.24, 2.45) is 11.3 Å². The van der Waals surface area contributed by atoms with E-state index in [1.54, 1.807) is 0 Å². The molecule has 22 heavy (non-hydrogen) atoms. The smallest absolute Gasteiger partial charge is 0.175 e. The highest BCUT2D eigenvalue weighted by molar-refractivity contribution is 5.24. The monoisotopic (exact) mass is 300 g/mol. The maximum absolute atomic E-state index is 6.41. The van der Waals surface area contributed by atoms with Crippen LogP contribution in [-0.2, 0) is 9.47 Å². The number of benzene rings is 1. The molecule has 0 bridgehead atoms. The van der Waals surface area contributed by atoms with Gasteiger partial charge in [0.15, 0.2) is 5.79 Å². The molecule has 1 aliphatic carbocycles. The molecule has 1 saturated heterocycles. The molecule has 1 spiro atoms. The highest BCUT2D eigenvalue weighted by atomic mass is 16.7. The summed E-state index contributed by atoms with van der Waals surface area (Å²) in [5.41, 5.74) is 1.45. The molecule has 1 heterocycles. The van der Waals surface area contributed by atoms with E-state index in [4.69, 9.17) is 9.47 Å². The van der Waals surface area contributed by atoms with E-state index in [0.717, 1.165) is 26.1 Å². The van der Waals surface area contributed by atoms with E-state index in [2.05, 4.69) is 50.8 Å². The molecule has 1 saturated carbocycles. The first-order valence-corrected chi connectivity index (χ1v) is 8.50. The van der Waals surface area contributed by atoms with E-state index >= 15 is 0 Å². The highest BCUT2D eigenvalue weighted by Crippen LogP contribution is 2.51. The second-order valence-corrected chi connectivity index (χ2v) is 7.62. The summed E-state index contributed by atoms with van der Waals surface area (Å²) in [5, 5.41) is 0. The molecule has 2 aliphatic rings. The zero-order chi connectivity index (χ0) is 15.6. The summed E-state index contributed by atoms with van der Waals surface area (Å²) in [5.74, 6) is 0.411. The Morgan fingerprint density at radius 1 is 1.18 bits per heavy atom. The Morgan fingerprint density at radius 3 is 2.50 bits per heavy atom. The van der Waals surface area contributed by atoms with Crippen LogP contribution < -0.4 is 0 Å². The Kier molecular flexibility index (Phi) is 4.42. The van der Waals surface area contributed by atoms with Crippen LogP contribution in [0.15, 0.2) is 43.0 Å². The van der Waals surface area contributed by atoms with Gasteiger partial charge in [-0.1, -0.05) is 50.3 Å². The lowest BCUT2D eigenvalue weighted by atomic mass is 9.69. The average molecular weight is 300 g/mol. The van der Waals surface area contributed by atoms with Gasteiger partial charge in [-0.05, 0) is 30.7 Å². The van der Waals surface area contributed by atoms with Crippen LogP contribution in [0.25, 0.3) is 0 Å². The zero-order valence-corrected chi connectivity index (χ0v) is 13.9. The number of rotatable bonds is 3. The number of ether oxygens (including phenoxy) is 2. The van der Waals surface area contributed by atoms with Crippen LogP contribution >= 0.6 is 0 Å². The molecule has 2 atom stereocenters. The van der Waals surface area contributed by atoms with Crippen LogP contribution in [0.5, 0.6) is 0 Å². The van der Waals surface area contributed by atoms with Gasteiger partial charge in [0, 0.05) is 17.8 Å². The van der Waals surface area contributed by atoms with E-state index in [9.17, 15) is 0 Å². The van der Waals surface area contributed by atoms with Crippen LogP contribution in [0, 0.1) is 11.3 Å². The molecule has 0 amide bonds. The predicted octanol–water partition coefficient (Wildman–Crippen LogP) is 4.92. The Balaban J connectivity index is 1.94. The molecule has 0 radical (unpaired) electrons. The lowest BCUT2D eigenvalue weighted by Crippen LogP contribution is -2.54. The van der Waals surface area contributed by atoms with E-state index in [1.165, 1.54) is 18.4 Å². The van der Waals surface area contributed by atoms with E-state index in [-0.39, 0.29) is 5.41 Å². The summed E-state index contributed by atoms with van der Waals surface area (Å²) in [6.07, 6.45) is 6.46. The van der Waals surface area contributed by atoms with E-state index in [0.29, 0.717) is 11.8 Å². The van der Waals surface area contributed by atoms with Gasteiger partial charge < -0.3 is 9.47 Å². The highest BCUT2D eigenvalue weighted by Gasteiger charge is 2.51. The lowest BCUT2D eigenvalue weighted by molar-refractivity contribution is -0.324. The molecule has 120 valence electrons. The van der Waals surface area contributed by atoms with E-state index < -0.39 is 5.79 Å². The fourth-order valence-electron chi connectivity index (χ4n) is 3.99. The summed E-state index contributed by atoms with van der Waals surface area (Å²) < 4.78 is 12.8. The molecule has 1 aromatic rings. The number of hydrogen-bond acceptors (Lipinski definition) is 2. The first-order valence-electron chi connectivity index (χ1n) is 8.50. The fraction of sp³-hybridized carbons (Fsp3) is 0.600. The van der Waals surface area contributed by atoms with Crippen molar-refractivity contribution < 1.29 is 9.47 Å². The molecule has 2 heteroatoms. The van der Waals surface area contributed by atoms with Gasteiger partial charge in [-0.2, -0.15) is 0 Å². The molecular formula is C20H28O2. The van der Waals surface area contributed by atoms with Crippen molar-refractivity contribution in [1.82, 2.24) is 0 Å². The topological polar surface area (TPSA) is 18.5 Å². The maximum atomic E-state index is 6.41. The van der Waals surface area contributed by atoms with Crippen molar-refractivity contribution >= 4 is 0 Å². The third-order valence-corrected chi connectivity index (χ3v) is 5.09. The van der Waals surface area contributed by atoms with Crippen LogP contribution in [-0.4, -0.2) is 19.0 Å². The molecule has 0 aromatic heterocycles. The second-order valence-electron chi connectivity index (χ2n) is 7.62. The summed E-state index contributed by atoms with van der Waals surface area (Å²) in [6, 6.07) is 10.8. The number of allylic oxidation sites excluding steroid dienone is 1. The molecule has 0 unspecified atom stereocenters. The summed E-state index contributed by atoms with van der Waals surface area (Å²) in [7, 11) is 0. The van der Waals surface area contributed by atoms with Gasteiger partial charge in [0.2, 0.25) is 0 Å². The summed E-state index contributed by atoms with van der Waals surface area (Å²) >= 11 is 0. The standard InChI is InChI=1S/C20H28O2/c1-4-9-16-12-8-13-20(21-14-19(2,3)15-22-20)18(16)17-10-6-5-7-11-17/h4-7,10-11,16,18H,1,8-9,12-15H2,2-3H3/t16-,18-/m1/s1. The van der Waals surface area contributed by atoms with Gasteiger partial charge >= 0.3 is 0 Å². The Bertz CT molecular complexity index is 496. The molecule has 1 aromatic carbocycles. The van der Waals surface area contributed by atoms with Crippen molar-refractivity contribution in [3.63, 3.8) is 0 Å². The molecule has 1 aliphatic heterocycles. The summed E-state index contributed by atoms with van der Waals surface area (Å²) in [6.45, 7) is 9.93. The van der Waals surface area contributed by atoms with Crippen LogP contribution in [0.2, 0.25) is 0 Å². The molecular weight excluding hydrogens is 272 g/mol. The van der Waals surface area contributed by atoms with Gasteiger partial charge in [0.1, 0.15) is 0 Å². The minimum Gasteiger partial charge on any atom is -0.349 e. The van der Waals surface area contributed by atoms with Crippen molar-refractivity contribution in [2.45, 2.75) is 51.2 Å². The van der Waals surface area contributed by atoms with Crippen molar-refractivity contribution in [1.29, 1.82) is 0 Å². The Labute approximate surface area is 134 Å². The van der Waals surface area contributed by atoms with E-state index in [1.807, 2.05) is 6.08 Å². The van der Waals surface area contributed by atoms with Gasteiger partial charge in [-0.3, -0.25) is 0 Å². The largest absolute Gasteiger partial charge is 0.349 e. The van der Waals surface area contributed by atoms with Crippen LogP contribution in [0.4, 0.5) is 0 Å². The van der Waals surface area contributed by atoms with Gasteiger partial charge in [0.25, 0.3) is 0 Å². The van der Waals surface area contributed by atoms with Crippen molar-refractivity contribution in [3.8, 4) is 0 Å². The van der Waals surface area contributed by atoms with Crippen molar-refractivity contribution in [3.05, 3.63) is 48.6 Å². The Hall–Kier alpha value is -1.12. The van der Waals surface area contributed by atoms with Gasteiger partial charge in [-0.25, -0.2) is 0 Å². The first-order chi connectivity index (χ1) is 10.6. The third-order valence-electron chi connectivity index (χ3n) is 5.09. The SMILES string of the molecule is C=CC[C@@H]1CCCC2(OCC(C)(C)CO2)[C@H]1c1ccccc1. The average Bonchev–Trinajstić information content (AvgIpc) is 2.52. The van der Waals surface area contributed by atoms with Crippen molar-refractivity contribution in [2.75, 3.05) is 13.2 Å². The van der Waals surface area contributed by atoms with Gasteiger partial charge in [0.05, 0.1) is 13.2 Å². The van der Waals surface area contributed by atoms with Crippen LogP contribution in [0.3, 0.4) is 0 Å². The predicted molar refractivity (Wildman–Crippen MR) is 89.8 cm³/mol. The first kappa shape index (κ1) is 15.8. The quantitative estimate of drug-likeness (QED) is 0.738. The molecule has 0 N–H and O–H groups in total. The molecule has 3 rings (SSSR count). The second kappa shape index (κ2) is 6.17. The summed E-state index contributed by atoms with van der Waals surface area (Å²) in [4.78, 5) is 0. The minimum atomic E-state index is -0.442. The number of hydrogen-bond donors (Lipinski definition) is 0. The normalized spacial score (nSPS) is 30.1. The molecule has 2 fully saturated rings. The minimum absolute atomic E-state index is 0.109. The van der Waals surface area contributed by atoms with Gasteiger partial charge in [-0.15, -0.1) is 6.58 Å². The lowest BCUT2D eigenvalue weighted by Gasteiger charge is -2.52. The third kappa shape index (κ3) is 3.00. The zero-order valence-electron chi connectivity index (χ0n) is 13.9. The maximum Gasteiger partial charge on any atom is 0.175 e. The fourth-order valence-corrected chi connectivity index (χ4v) is 3.99. The molecule has 2 nitrogen and oxygen atoms in total. The Morgan fingerprint density at radius 2 is 1.86 bits per heavy atom. The van der Waals surface area contributed by atoms with Crippen LogP contribution in [0.1, 0.15) is 51.0 Å².